The van der Waals surface area contributed by atoms with Crippen LogP contribution in [0.3, 0.4) is 0 Å². The molecule has 0 aromatic rings. The first kappa shape index (κ1) is 22.4. The van der Waals surface area contributed by atoms with E-state index in [0.717, 1.165) is 32.1 Å². The summed E-state index contributed by atoms with van der Waals surface area (Å²) in [6, 6.07) is 1.27. The van der Waals surface area contributed by atoms with E-state index in [1.165, 1.54) is 44.4 Å². The van der Waals surface area contributed by atoms with E-state index < -0.39 is 6.23 Å². The molecule has 2 aliphatic carbocycles. The van der Waals surface area contributed by atoms with Crippen molar-refractivity contribution in [2.24, 2.45) is 22.7 Å². The van der Waals surface area contributed by atoms with Gasteiger partial charge in [0.05, 0.1) is 18.1 Å². The molecule has 0 spiro atoms. The first-order chi connectivity index (χ1) is 15.0. The Morgan fingerprint density at radius 1 is 1.19 bits per heavy atom. The second-order valence-corrected chi connectivity index (χ2v) is 12.1. The van der Waals surface area contributed by atoms with E-state index in [1.54, 1.807) is 0 Å². The maximum atomic E-state index is 10.9. The van der Waals surface area contributed by atoms with Gasteiger partial charge >= 0.3 is 0 Å². The number of hydrogen-bond acceptors (Lipinski definition) is 8. The molecule has 4 N–H and O–H groups in total. The Kier molecular flexibility index (Phi) is 6.85. The predicted molar refractivity (Wildman–Crippen MR) is 126 cm³/mol. The van der Waals surface area contributed by atoms with Crippen molar-refractivity contribution < 1.29 is 10.2 Å². The fourth-order valence-electron chi connectivity index (χ4n) is 6.87. The number of thioether (sulfide) groups is 1. The largest absolute Gasteiger partial charge is 0.392 e. The van der Waals surface area contributed by atoms with Gasteiger partial charge in [0.25, 0.3) is 0 Å². The third-order valence-corrected chi connectivity index (χ3v) is 10.3. The molecule has 0 aromatic heterocycles. The van der Waals surface area contributed by atoms with Gasteiger partial charge in [-0.15, -0.1) is 11.8 Å². The van der Waals surface area contributed by atoms with Crippen molar-refractivity contribution in [3.05, 3.63) is 0 Å². The van der Waals surface area contributed by atoms with Crippen LogP contribution >= 0.6 is 11.8 Å². The molecule has 0 aromatic carbocycles. The normalized spacial score (nSPS) is 44.2. The Hall–Kier alpha value is -0.380. The van der Waals surface area contributed by atoms with Crippen molar-refractivity contribution in [3.8, 4) is 0 Å². The van der Waals surface area contributed by atoms with Crippen molar-refractivity contribution in [1.29, 1.82) is 0 Å². The van der Waals surface area contributed by atoms with Crippen LogP contribution in [0, 0.1) is 17.8 Å². The number of β-amino-alcohol motifs (C(OH)–C–C–N with tert-alkyl or cyclic N) is 1. The maximum Gasteiger partial charge on any atom is 0.107 e. The second kappa shape index (κ2) is 9.47. The van der Waals surface area contributed by atoms with Gasteiger partial charge in [-0.3, -0.25) is 15.2 Å². The highest BCUT2D eigenvalue weighted by molar-refractivity contribution is 8.00. The van der Waals surface area contributed by atoms with Gasteiger partial charge in [-0.2, -0.15) is 0 Å². The number of fused-ring (bicyclic) bond motifs is 3. The van der Waals surface area contributed by atoms with E-state index in [2.05, 4.69) is 46.3 Å². The predicted octanol–water partition coefficient (Wildman–Crippen LogP) is 1.27. The lowest BCUT2D eigenvalue weighted by molar-refractivity contribution is -0.0109. The molecule has 7 nitrogen and oxygen atoms in total. The van der Waals surface area contributed by atoms with Crippen molar-refractivity contribution >= 4 is 17.6 Å². The first-order valence-electron chi connectivity index (χ1n) is 12.5. The third kappa shape index (κ3) is 4.66. The Morgan fingerprint density at radius 3 is 2.71 bits per heavy atom. The number of aliphatic hydroxyl groups excluding tert-OH is 2. The zero-order valence-electron chi connectivity index (χ0n) is 19.1. The first-order valence-corrected chi connectivity index (χ1v) is 13.4. The summed E-state index contributed by atoms with van der Waals surface area (Å²) in [5, 5.41) is 29.4. The summed E-state index contributed by atoms with van der Waals surface area (Å²) < 4.78 is 0. The van der Waals surface area contributed by atoms with Crippen LogP contribution in [0.2, 0.25) is 0 Å². The molecule has 8 heteroatoms. The van der Waals surface area contributed by atoms with E-state index in [0.29, 0.717) is 41.0 Å². The standard InChI is InChI=1S/C23H41N5O2S/c1-27(2)16-6-4-15(5-7-16)26-22-21-20-14(11-19(30)28-10-9-17(29)12-28)3-8-18(20)31-23(21)25-13-24-22/h14-21,23,25,29-30H,3-13H2,1-2H3,(H,24,26)/t14?,15-,16-,17?,18?,19?,20-,21?,23?/m1/s1. The number of nitrogens with zero attached hydrogens (tertiary/aromatic N) is 3. The molecule has 5 aliphatic rings. The van der Waals surface area contributed by atoms with Crippen LogP contribution < -0.4 is 10.6 Å². The van der Waals surface area contributed by atoms with Gasteiger partial charge in [-0.25, -0.2) is 0 Å². The number of hydrogen-bond donors (Lipinski definition) is 4. The van der Waals surface area contributed by atoms with Gasteiger partial charge in [-0.05, 0) is 77.3 Å². The van der Waals surface area contributed by atoms with Gasteiger partial charge < -0.3 is 20.4 Å². The lowest BCUT2D eigenvalue weighted by Crippen LogP contribution is -2.52. The highest BCUT2D eigenvalue weighted by atomic mass is 32.2. The molecule has 31 heavy (non-hydrogen) atoms. The monoisotopic (exact) mass is 451 g/mol. The second-order valence-electron chi connectivity index (χ2n) is 10.7. The summed E-state index contributed by atoms with van der Waals surface area (Å²) in [4.78, 5) is 9.40. The average molecular weight is 452 g/mol. The van der Waals surface area contributed by atoms with Crippen molar-refractivity contribution in [3.63, 3.8) is 0 Å². The minimum atomic E-state index is -0.420. The Bertz CT molecular complexity index is 656. The van der Waals surface area contributed by atoms with E-state index >= 15 is 0 Å². The van der Waals surface area contributed by atoms with Gasteiger partial charge in [0, 0.05) is 36.3 Å². The van der Waals surface area contributed by atoms with Crippen LogP contribution in [0.5, 0.6) is 0 Å². The smallest absolute Gasteiger partial charge is 0.107 e. The number of amidine groups is 1. The maximum absolute atomic E-state index is 10.9. The van der Waals surface area contributed by atoms with Crippen LogP contribution in [0.1, 0.15) is 51.4 Å². The highest BCUT2D eigenvalue weighted by Gasteiger charge is 2.54. The number of rotatable bonds is 5. The average Bonchev–Trinajstić information content (AvgIpc) is 3.45. The third-order valence-electron chi connectivity index (χ3n) is 8.62. The molecule has 0 bridgehead atoms. The SMILES string of the molecule is CN(C)[C@H]1CC[C@H](NC2=NCNC3SC4CCC(CC(O)N5CCC(O)C5)[C@H]4C23)CC1. The number of likely N-dealkylation sites (tertiary alicyclic amines) is 1. The molecule has 0 radical (unpaired) electrons. The summed E-state index contributed by atoms with van der Waals surface area (Å²) in [5.74, 6) is 2.82. The Morgan fingerprint density at radius 2 is 2.00 bits per heavy atom. The molecule has 3 heterocycles. The zero-order chi connectivity index (χ0) is 21.5. The van der Waals surface area contributed by atoms with Gasteiger partial charge in [-0.1, -0.05) is 0 Å². The summed E-state index contributed by atoms with van der Waals surface area (Å²) in [5.41, 5.74) is 0. The molecule has 3 aliphatic heterocycles. The molecule has 2 saturated carbocycles. The number of aliphatic hydroxyl groups is 2. The van der Waals surface area contributed by atoms with Crippen LogP contribution in [0.4, 0.5) is 0 Å². The van der Waals surface area contributed by atoms with E-state index in [4.69, 9.17) is 4.99 Å². The Labute approximate surface area is 191 Å². The molecular weight excluding hydrogens is 410 g/mol. The molecule has 5 rings (SSSR count). The van der Waals surface area contributed by atoms with E-state index in [1.807, 2.05) is 0 Å². The Balaban J connectivity index is 1.23. The fraction of sp³-hybridized carbons (Fsp3) is 0.957. The molecule has 6 unspecified atom stereocenters. The van der Waals surface area contributed by atoms with Crippen LogP contribution in [0.15, 0.2) is 4.99 Å². The molecular formula is C23H41N5O2S. The number of aliphatic imine (C=N–C) groups is 1. The highest BCUT2D eigenvalue weighted by Crippen LogP contribution is 2.55. The lowest BCUT2D eigenvalue weighted by Gasteiger charge is -2.38. The van der Waals surface area contributed by atoms with Crippen molar-refractivity contribution in [2.45, 2.75) is 86.4 Å². The summed E-state index contributed by atoms with van der Waals surface area (Å²) in [7, 11) is 4.40. The number of nitrogens with one attached hydrogen (secondary N) is 2. The quantitative estimate of drug-likeness (QED) is 0.501. The zero-order valence-corrected chi connectivity index (χ0v) is 19.9. The lowest BCUT2D eigenvalue weighted by atomic mass is 9.80. The van der Waals surface area contributed by atoms with Crippen LogP contribution in [-0.4, -0.2) is 94.7 Å². The van der Waals surface area contributed by atoms with E-state index in [9.17, 15) is 10.2 Å². The topological polar surface area (TPSA) is 83.4 Å². The molecule has 176 valence electrons. The molecule has 7 atom stereocenters. The summed E-state index contributed by atoms with van der Waals surface area (Å²) in [6.07, 6.45) is 8.38. The minimum absolute atomic E-state index is 0.273. The van der Waals surface area contributed by atoms with E-state index in [-0.39, 0.29) is 6.10 Å². The molecule has 4 fully saturated rings. The fourth-order valence-corrected chi connectivity index (χ4v) is 8.75. The summed E-state index contributed by atoms with van der Waals surface area (Å²) in [6.45, 7) is 2.16. The van der Waals surface area contributed by atoms with Crippen LogP contribution in [-0.2, 0) is 0 Å². The summed E-state index contributed by atoms with van der Waals surface area (Å²) >= 11 is 2.12. The van der Waals surface area contributed by atoms with Crippen molar-refractivity contribution in [1.82, 2.24) is 20.4 Å². The van der Waals surface area contributed by atoms with Gasteiger partial charge in [0.15, 0.2) is 0 Å². The molecule has 2 saturated heterocycles. The minimum Gasteiger partial charge on any atom is -0.392 e. The van der Waals surface area contributed by atoms with Gasteiger partial charge in [0.1, 0.15) is 12.1 Å². The van der Waals surface area contributed by atoms with Gasteiger partial charge in [0.2, 0.25) is 0 Å². The van der Waals surface area contributed by atoms with Crippen LogP contribution in [0.25, 0.3) is 0 Å². The van der Waals surface area contributed by atoms with Crippen molar-refractivity contribution in [2.75, 3.05) is 33.9 Å². The molecule has 0 amide bonds.